The molecule has 0 aliphatic carbocycles. The summed E-state index contributed by atoms with van der Waals surface area (Å²) in [5.74, 6) is 0.301. The maximum atomic E-state index is 10.7. The number of nitrogens with zero attached hydrogens (tertiary/aromatic N) is 2. The van der Waals surface area contributed by atoms with Crippen LogP contribution in [0.4, 0.5) is 5.69 Å². The number of hydrogen-bond acceptors (Lipinski definition) is 5. The fraction of sp³-hybridized carbons (Fsp3) is 0.308. The van der Waals surface area contributed by atoms with E-state index in [0.29, 0.717) is 22.3 Å². The third-order valence-corrected chi connectivity index (χ3v) is 6.37. The van der Waals surface area contributed by atoms with Crippen LogP contribution in [0.3, 0.4) is 0 Å². The number of aromatic hydroxyl groups is 1. The maximum Gasteiger partial charge on any atom is 0.138 e. The number of anilines is 1. The number of piperazine rings is 1. The van der Waals surface area contributed by atoms with Crippen molar-refractivity contribution in [3.05, 3.63) is 94.0 Å². The van der Waals surface area contributed by atoms with Crippen molar-refractivity contribution < 1.29 is 14.9 Å². The topological polar surface area (TPSA) is 56.2 Å². The summed E-state index contributed by atoms with van der Waals surface area (Å²) in [7, 11) is 0. The van der Waals surface area contributed by atoms with Gasteiger partial charge in [0.2, 0.25) is 0 Å². The van der Waals surface area contributed by atoms with Crippen LogP contribution < -0.4 is 4.90 Å². The zero-order valence-electron chi connectivity index (χ0n) is 18.3. The Hall–Kier alpha value is -2.28. The van der Waals surface area contributed by atoms with Crippen LogP contribution in [-0.2, 0) is 4.74 Å². The van der Waals surface area contributed by atoms with Crippen LogP contribution >= 0.6 is 23.2 Å². The number of phenols is 1. The van der Waals surface area contributed by atoms with E-state index < -0.39 is 6.10 Å². The number of para-hydroxylation sites is 2. The Morgan fingerprint density at radius 1 is 0.788 bits per heavy atom. The summed E-state index contributed by atoms with van der Waals surface area (Å²) in [6.07, 6.45) is -0.948. The molecule has 0 radical (unpaired) electrons. The molecule has 0 aromatic heterocycles. The molecule has 1 fully saturated rings. The Morgan fingerprint density at radius 2 is 1.33 bits per heavy atom. The van der Waals surface area contributed by atoms with E-state index in [1.165, 1.54) is 0 Å². The number of rotatable bonds is 8. The molecule has 174 valence electrons. The minimum Gasteiger partial charge on any atom is -0.506 e. The smallest absolute Gasteiger partial charge is 0.138 e. The minimum atomic E-state index is -0.622. The van der Waals surface area contributed by atoms with Crippen molar-refractivity contribution in [2.75, 3.05) is 44.2 Å². The van der Waals surface area contributed by atoms with Gasteiger partial charge in [0.05, 0.1) is 18.4 Å². The Balaban J connectivity index is 1.33. The van der Waals surface area contributed by atoms with E-state index in [1.54, 1.807) is 6.07 Å². The van der Waals surface area contributed by atoms with Crippen molar-refractivity contribution in [3.8, 4) is 5.75 Å². The van der Waals surface area contributed by atoms with Gasteiger partial charge >= 0.3 is 0 Å². The molecule has 1 heterocycles. The molecule has 3 aromatic rings. The molecule has 0 amide bonds. The van der Waals surface area contributed by atoms with E-state index in [9.17, 15) is 10.2 Å². The second-order valence-electron chi connectivity index (χ2n) is 8.25. The number of hydrogen-bond donors (Lipinski definition) is 2. The lowest BCUT2D eigenvalue weighted by Gasteiger charge is -2.37. The van der Waals surface area contributed by atoms with Gasteiger partial charge in [0, 0.05) is 42.8 Å². The summed E-state index contributed by atoms with van der Waals surface area (Å²) in [6.45, 7) is 3.94. The normalized spacial score (nSPS) is 15.7. The van der Waals surface area contributed by atoms with Crippen molar-refractivity contribution in [2.45, 2.75) is 12.2 Å². The van der Waals surface area contributed by atoms with Gasteiger partial charge in [0.15, 0.2) is 0 Å². The van der Waals surface area contributed by atoms with Gasteiger partial charge in [-0.2, -0.15) is 0 Å². The SMILES string of the molecule is Oc1ccccc1N1CCN(C[C@H](O)COC(c2ccc(Cl)cc2)c2ccc(Cl)cc2)CC1. The van der Waals surface area contributed by atoms with Crippen molar-refractivity contribution in [1.82, 2.24) is 4.90 Å². The van der Waals surface area contributed by atoms with E-state index in [0.717, 1.165) is 43.0 Å². The average molecular weight is 487 g/mol. The number of aliphatic hydroxyl groups is 1. The van der Waals surface area contributed by atoms with E-state index in [2.05, 4.69) is 9.80 Å². The highest BCUT2D eigenvalue weighted by Crippen LogP contribution is 2.29. The maximum absolute atomic E-state index is 10.7. The van der Waals surface area contributed by atoms with Gasteiger partial charge in [-0.1, -0.05) is 59.6 Å². The summed E-state index contributed by atoms with van der Waals surface area (Å²) >= 11 is 12.1. The number of ether oxygens (including phenoxy) is 1. The Labute approximate surface area is 204 Å². The van der Waals surface area contributed by atoms with Gasteiger partial charge < -0.3 is 19.8 Å². The van der Waals surface area contributed by atoms with Crippen LogP contribution in [0.15, 0.2) is 72.8 Å². The molecule has 1 atom stereocenters. The van der Waals surface area contributed by atoms with Crippen LogP contribution in [-0.4, -0.2) is 60.5 Å². The van der Waals surface area contributed by atoms with Crippen LogP contribution in [0.5, 0.6) is 5.75 Å². The minimum absolute atomic E-state index is 0.204. The van der Waals surface area contributed by atoms with Gasteiger partial charge in [-0.25, -0.2) is 0 Å². The number of β-amino-alcohol motifs (C(OH)–C–C–N with tert-alkyl or cyclic N) is 1. The Morgan fingerprint density at radius 3 is 1.88 bits per heavy atom. The second kappa shape index (κ2) is 11.2. The predicted molar refractivity (Wildman–Crippen MR) is 133 cm³/mol. The van der Waals surface area contributed by atoms with Gasteiger partial charge in [0.25, 0.3) is 0 Å². The zero-order valence-corrected chi connectivity index (χ0v) is 19.8. The van der Waals surface area contributed by atoms with Crippen molar-refractivity contribution >= 4 is 28.9 Å². The lowest BCUT2D eigenvalue weighted by molar-refractivity contribution is -0.00894. The molecule has 0 saturated carbocycles. The monoisotopic (exact) mass is 486 g/mol. The number of aliphatic hydroxyl groups excluding tert-OH is 1. The molecule has 7 heteroatoms. The fourth-order valence-corrected chi connectivity index (χ4v) is 4.37. The molecule has 2 N–H and O–H groups in total. The van der Waals surface area contributed by atoms with Gasteiger partial charge in [-0.3, -0.25) is 4.90 Å². The molecule has 1 saturated heterocycles. The molecule has 0 bridgehead atoms. The van der Waals surface area contributed by atoms with E-state index in [1.807, 2.05) is 66.7 Å². The summed E-state index contributed by atoms with van der Waals surface area (Å²) in [5, 5.41) is 22.1. The van der Waals surface area contributed by atoms with Crippen LogP contribution in [0, 0.1) is 0 Å². The molecule has 3 aromatic carbocycles. The summed E-state index contributed by atoms with van der Waals surface area (Å²) in [6, 6.07) is 22.5. The molecule has 33 heavy (non-hydrogen) atoms. The quantitative estimate of drug-likeness (QED) is 0.469. The molecule has 5 nitrogen and oxygen atoms in total. The van der Waals surface area contributed by atoms with Gasteiger partial charge in [-0.05, 0) is 47.5 Å². The van der Waals surface area contributed by atoms with E-state index in [4.69, 9.17) is 27.9 Å². The third-order valence-electron chi connectivity index (χ3n) is 5.86. The highest BCUT2D eigenvalue weighted by molar-refractivity contribution is 6.30. The molecular formula is C26H28Cl2N2O3. The second-order valence-corrected chi connectivity index (χ2v) is 9.12. The first-order valence-corrected chi connectivity index (χ1v) is 11.8. The first-order chi connectivity index (χ1) is 16.0. The van der Waals surface area contributed by atoms with Crippen LogP contribution in [0.25, 0.3) is 0 Å². The summed E-state index contributed by atoms with van der Waals surface area (Å²) < 4.78 is 6.20. The largest absolute Gasteiger partial charge is 0.506 e. The van der Waals surface area contributed by atoms with Gasteiger partial charge in [0.1, 0.15) is 11.9 Å². The highest BCUT2D eigenvalue weighted by Gasteiger charge is 2.22. The molecule has 4 rings (SSSR count). The number of phenolic OH excluding ortho intramolecular Hbond substituents is 1. The van der Waals surface area contributed by atoms with Gasteiger partial charge in [-0.15, -0.1) is 0 Å². The summed E-state index contributed by atoms with van der Waals surface area (Å²) in [5.41, 5.74) is 2.78. The van der Waals surface area contributed by atoms with Crippen molar-refractivity contribution in [1.29, 1.82) is 0 Å². The van der Waals surface area contributed by atoms with Crippen LogP contribution in [0.1, 0.15) is 17.2 Å². The number of halogens is 2. The zero-order chi connectivity index (χ0) is 23.2. The summed E-state index contributed by atoms with van der Waals surface area (Å²) in [4.78, 5) is 4.40. The molecular weight excluding hydrogens is 459 g/mol. The lowest BCUT2D eigenvalue weighted by atomic mass is 10.0. The molecule has 1 aliphatic rings. The molecule has 0 unspecified atom stereocenters. The van der Waals surface area contributed by atoms with E-state index >= 15 is 0 Å². The molecule has 1 aliphatic heterocycles. The third kappa shape index (κ3) is 6.40. The first-order valence-electron chi connectivity index (χ1n) is 11.1. The Kier molecular flexibility index (Phi) is 8.12. The number of benzene rings is 3. The first kappa shape index (κ1) is 23.9. The lowest BCUT2D eigenvalue weighted by Crippen LogP contribution is -2.49. The van der Waals surface area contributed by atoms with Crippen molar-refractivity contribution in [2.24, 2.45) is 0 Å². The Bertz CT molecular complexity index is 977. The highest BCUT2D eigenvalue weighted by atomic mass is 35.5. The van der Waals surface area contributed by atoms with E-state index in [-0.39, 0.29) is 12.7 Å². The van der Waals surface area contributed by atoms with Crippen molar-refractivity contribution in [3.63, 3.8) is 0 Å². The molecule has 0 spiro atoms. The standard InChI is InChI=1S/C26H28Cl2N2O3/c27-21-9-5-19(6-10-21)26(20-7-11-22(28)12-8-20)33-18-23(31)17-29-13-15-30(16-14-29)24-3-1-2-4-25(24)32/h1-12,23,26,31-32H,13-18H2/t23-/m0/s1. The van der Waals surface area contributed by atoms with Crippen LogP contribution in [0.2, 0.25) is 10.0 Å². The average Bonchev–Trinajstić information content (AvgIpc) is 2.82. The predicted octanol–water partition coefficient (Wildman–Crippen LogP) is 4.99. The fourth-order valence-electron chi connectivity index (χ4n) is 4.12.